The predicted molar refractivity (Wildman–Crippen MR) is 164 cm³/mol. The first kappa shape index (κ1) is 27.9. The van der Waals surface area contributed by atoms with Crippen LogP contribution >= 0.6 is 0 Å². The van der Waals surface area contributed by atoms with Gasteiger partial charge in [-0.2, -0.15) is 0 Å². The van der Waals surface area contributed by atoms with E-state index in [2.05, 4.69) is 43.3 Å². The van der Waals surface area contributed by atoms with E-state index in [4.69, 9.17) is 9.47 Å². The molecule has 0 amide bonds. The molecule has 0 N–H and O–H groups in total. The van der Waals surface area contributed by atoms with Crippen LogP contribution in [0.1, 0.15) is 52.4 Å². The van der Waals surface area contributed by atoms with E-state index in [1.165, 1.54) is 17.7 Å². The topological polar surface area (TPSA) is 35.5 Å². The normalized spacial score (nSPS) is 11.4. The Balaban J connectivity index is 1.45. The van der Waals surface area contributed by atoms with Crippen LogP contribution in [0.2, 0.25) is 0 Å². The number of ether oxygens (including phenoxy) is 2. The molecule has 0 aliphatic heterocycles. The zero-order valence-corrected chi connectivity index (χ0v) is 23.2. The fraction of sp³-hybridized carbons (Fsp3) is 0.162. The Morgan fingerprint density at radius 2 is 1.49 bits per heavy atom. The molecular weight excluding hydrogens is 511 g/mol. The van der Waals surface area contributed by atoms with Gasteiger partial charge in [-0.15, -0.1) is 0 Å². The molecule has 0 aliphatic rings. The average Bonchev–Trinajstić information content (AvgIpc) is 3.02. The molecule has 5 aromatic carbocycles. The molecule has 0 saturated carbocycles. The number of hydrogen-bond donors (Lipinski definition) is 0. The van der Waals surface area contributed by atoms with Crippen LogP contribution in [-0.2, 0) is 17.8 Å². The molecule has 0 atom stereocenters. The maximum atomic E-state index is 13.5. The third-order valence-corrected chi connectivity index (χ3v) is 7.08. The molecule has 0 aromatic heterocycles. The molecule has 0 unspecified atom stereocenters. The van der Waals surface area contributed by atoms with E-state index >= 15 is 0 Å². The maximum Gasteiger partial charge on any atom is 0.339 e. The van der Waals surface area contributed by atoms with Gasteiger partial charge in [0.15, 0.2) is 0 Å². The van der Waals surface area contributed by atoms with Gasteiger partial charge in [-0.3, -0.25) is 0 Å². The molecule has 5 aromatic rings. The summed E-state index contributed by atoms with van der Waals surface area (Å²) in [6.07, 6.45) is 4.61. The largest absolute Gasteiger partial charge is 0.494 e. The van der Waals surface area contributed by atoms with Crippen LogP contribution in [0.3, 0.4) is 0 Å². The quantitative estimate of drug-likeness (QED) is 0.0944. The highest BCUT2D eigenvalue weighted by molar-refractivity contribution is 6.07. The summed E-state index contributed by atoms with van der Waals surface area (Å²) in [6.45, 7) is 2.75. The molecule has 0 bridgehead atoms. The molecule has 0 radical (unpaired) electrons. The van der Waals surface area contributed by atoms with Gasteiger partial charge in [0.2, 0.25) is 0 Å². The number of carbonyl (C=O) groups is 1. The third-order valence-electron chi connectivity index (χ3n) is 7.08. The van der Waals surface area contributed by atoms with E-state index in [1.807, 2.05) is 60.7 Å². The molecule has 0 aliphatic carbocycles. The average molecular weight is 545 g/mol. The lowest BCUT2D eigenvalue weighted by molar-refractivity contribution is 0.0472. The van der Waals surface area contributed by atoms with E-state index in [1.54, 1.807) is 12.1 Å². The lowest BCUT2D eigenvalue weighted by Gasteiger charge is -2.17. The Labute approximate surface area is 240 Å². The van der Waals surface area contributed by atoms with Gasteiger partial charge in [0, 0.05) is 0 Å². The number of aryl methyl sites for hydroxylation is 1. The molecule has 0 fully saturated rings. The Morgan fingerprint density at radius 1 is 0.780 bits per heavy atom. The summed E-state index contributed by atoms with van der Waals surface area (Å²) >= 11 is 0. The van der Waals surface area contributed by atoms with Gasteiger partial charge in [0.1, 0.15) is 18.2 Å². The second-order valence-corrected chi connectivity index (χ2v) is 9.94. The Hall–Kier alpha value is -4.70. The molecular formula is C37H33FO3. The maximum absolute atomic E-state index is 13.5. The first-order chi connectivity index (χ1) is 20.1. The fourth-order valence-corrected chi connectivity index (χ4v) is 4.89. The van der Waals surface area contributed by atoms with Crippen molar-refractivity contribution in [1.29, 1.82) is 0 Å². The lowest BCUT2D eigenvalue weighted by Crippen LogP contribution is -2.09. The van der Waals surface area contributed by atoms with Gasteiger partial charge in [0.05, 0.1) is 12.2 Å². The van der Waals surface area contributed by atoms with Gasteiger partial charge >= 0.3 is 5.97 Å². The molecule has 0 spiro atoms. The summed E-state index contributed by atoms with van der Waals surface area (Å²) in [5, 5.41) is 2.03. The number of rotatable bonds is 11. The number of benzene rings is 5. The minimum Gasteiger partial charge on any atom is -0.494 e. The summed E-state index contributed by atoms with van der Waals surface area (Å²) in [4.78, 5) is 13.5. The van der Waals surface area contributed by atoms with Crippen LogP contribution in [0.15, 0.2) is 115 Å². The number of hydrogen-bond acceptors (Lipinski definition) is 3. The van der Waals surface area contributed by atoms with Crippen LogP contribution in [0, 0.1) is 5.82 Å². The van der Waals surface area contributed by atoms with Crippen molar-refractivity contribution in [2.75, 3.05) is 6.61 Å². The Bertz CT molecular complexity index is 1620. The molecule has 3 nitrogen and oxygen atoms in total. The fourth-order valence-electron chi connectivity index (χ4n) is 4.89. The van der Waals surface area contributed by atoms with Crippen molar-refractivity contribution in [2.45, 2.75) is 32.8 Å². The minimum atomic E-state index is -0.415. The number of esters is 1. The second-order valence-electron chi connectivity index (χ2n) is 9.94. The van der Waals surface area contributed by atoms with E-state index in [0.717, 1.165) is 51.6 Å². The highest BCUT2D eigenvalue weighted by atomic mass is 19.1. The van der Waals surface area contributed by atoms with Crippen molar-refractivity contribution >= 4 is 28.4 Å². The summed E-state index contributed by atoms with van der Waals surface area (Å²) in [7, 11) is 0. The number of fused-ring (bicyclic) bond motifs is 1. The number of halogens is 1. The molecule has 206 valence electrons. The van der Waals surface area contributed by atoms with E-state index in [-0.39, 0.29) is 12.4 Å². The van der Waals surface area contributed by atoms with E-state index in [9.17, 15) is 9.18 Å². The molecule has 4 heteroatoms. The number of allylic oxidation sites excluding steroid dienone is 1. The lowest BCUT2D eigenvalue weighted by atomic mass is 9.89. The first-order valence-corrected chi connectivity index (χ1v) is 14.0. The zero-order valence-electron chi connectivity index (χ0n) is 23.2. The van der Waals surface area contributed by atoms with Crippen molar-refractivity contribution < 1.29 is 18.7 Å². The van der Waals surface area contributed by atoms with Gasteiger partial charge in [-0.25, -0.2) is 9.18 Å². The van der Waals surface area contributed by atoms with Crippen molar-refractivity contribution in [3.8, 4) is 5.75 Å². The highest BCUT2D eigenvalue weighted by Gasteiger charge is 2.19. The van der Waals surface area contributed by atoms with Crippen LogP contribution in [-0.4, -0.2) is 12.6 Å². The smallest absolute Gasteiger partial charge is 0.339 e. The van der Waals surface area contributed by atoms with Gasteiger partial charge in [-0.05, 0) is 88.2 Å². The van der Waals surface area contributed by atoms with Gasteiger partial charge in [0.25, 0.3) is 0 Å². The van der Waals surface area contributed by atoms with Crippen molar-refractivity contribution in [1.82, 2.24) is 0 Å². The van der Waals surface area contributed by atoms with Crippen molar-refractivity contribution in [3.63, 3.8) is 0 Å². The van der Waals surface area contributed by atoms with Crippen molar-refractivity contribution in [3.05, 3.63) is 149 Å². The Kier molecular flexibility index (Phi) is 9.23. The molecule has 0 saturated heterocycles. The molecule has 41 heavy (non-hydrogen) atoms. The SMILES string of the molecule is CCc1ccc(OCCC/C(=C/c2ccccc2)c2c(C(=O)OCc3ccc(F)cc3)ccc3ccccc23)cc1. The highest BCUT2D eigenvalue weighted by Crippen LogP contribution is 2.34. The monoisotopic (exact) mass is 544 g/mol. The summed E-state index contributed by atoms with van der Waals surface area (Å²) < 4.78 is 25.1. The standard InChI is InChI=1S/C37H33FO3/c1-2-27-16-21-33(22-17-27)40-24-8-12-31(25-28-9-4-3-5-10-28)36-34-13-7-6-11-30(34)18-23-35(36)37(39)41-26-29-14-19-32(38)20-15-29/h3-7,9-11,13-23,25H,2,8,12,24,26H2,1H3/b31-25-. The molecule has 0 heterocycles. The summed E-state index contributed by atoms with van der Waals surface area (Å²) in [6, 6.07) is 36.2. The van der Waals surface area contributed by atoms with E-state index < -0.39 is 5.97 Å². The van der Waals surface area contributed by atoms with E-state index in [0.29, 0.717) is 18.6 Å². The van der Waals surface area contributed by atoms with Crippen LogP contribution in [0.4, 0.5) is 4.39 Å². The van der Waals surface area contributed by atoms with Gasteiger partial charge in [-0.1, -0.05) is 97.9 Å². The van der Waals surface area contributed by atoms with Crippen LogP contribution < -0.4 is 4.74 Å². The van der Waals surface area contributed by atoms with Crippen LogP contribution in [0.5, 0.6) is 5.75 Å². The summed E-state index contributed by atoms with van der Waals surface area (Å²) in [5.41, 5.74) is 5.46. The van der Waals surface area contributed by atoms with Crippen LogP contribution in [0.25, 0.3) is 22.4 Å². The summed E-state index contributed by atoms with van der Waals surface area (Å²) in [5.74, 6) is 0.113. The number of carbonyl (C=O) groups excluding carboxylic acids is 1. The van der Waals surface area contributed by atoms with Gasteiger partial charge < -0.3 is 9.47 Å². The minimum absolute atomic E-state index is 0.0633. The first-order valence-electron chi connectivity index (χ1n) is 14.0. The predicted octanol–water partition coefficient (Wildman–Crippen LogP) is 9.30. The zero-order chi connectivity index (χ0) is 28.4. The second kappa shape index (κ2) is 13.6. The van der Waals surface area contributed by atoms with Crippen molar-refractivity contribution in [2.24, 2.45) is 0 Å². The third kappa shape index (κ3) is 7.29. The Morgan fingerprint density at radius 3 is 2.24 bits per heavy atom. The molecule has 5 rings (SSSR count).